The van der Waals surface area contributed by atoms with Crippen LogP contribution < -0.4 is 14.8 Å². The van der Waals surface area contributed by atoms with E-state index in [2.05, 4.69) is 55.6 Å². The van der Waals surface area contributed by atoms with Crippen molar-refractivity contribution in [3.05, 3.63) is 48.7 Å². The van der Waals surface area contributed by atoms with Crippen molar-refractivity contribution >= 4 is 11.6 Å². The number of rotatable bonds is 12. The van der Waals surface area contributed by atoms with E-state index >= 15 is 0 Å². The van der Waals surface area contributed by atoms with Crippen LogP contribution in [0, 0.1) is 11.3 Å². The van der Waals surface area contributed by atoms with Crippen molar-refractivity contribution in [2.24, 2.45) is 0 Å². The largest absolute Gasteiger partial charge is 0.487 e. The molecule has 2 N–H and O–H groups in total. The summed E-state index contributed by atoms with van der Waals surface area (Å²) in [5.74, 6) is 1.27. The van der Waals surface area contributed by atoms with Crippen LogP contribution in [0.15, 0.2) is 43.1 Å². The van der Waals surface area contributed by atoms with E-state index in [1.165, 1.54) is 6.33 Å². The molecule has 4 aromatic rings. The first kappa shape index (κ1) is 32.9. The van der Waals surface area contributed by atoms with Crippen molar-refractivity contribution in [1.29, 1.82) is 5.26 Å². The van der Waals surface area contributed by atoms with Crippen molar-refractivity contribution in [3.8, 4) is 28.8 Å². The molecule has 3 aromatic heterocycles. The molecular formula is C34H43N11O4. The lowest BCUT2D eigenvalue weighted by Crippen LogP contribution is -2.51. The molecule has 15 nitrogen and oxygen atoms in total. The Bertz CT molecular complexity index is 1730. The van der Waals surface area contributed by atoms with E-state index in [1.54, 1.807) is 23.1 Å². The second-order valence-electron chi connectivity index (χ2n) is 13.7. The van der Waals surface area contributed by atoms with Crippen LogP contribution in [0.5, 0.6) is 11.6 Å². The summed E-state index contributed by atoms with van der Waals surface area (Å²) in [5.41, 5.74) is 1.86. The van der Waals surface area contributed by atoms with Crippen LogP contribution in [-0.4, -0.2) is 99.6 Å². The Morgan fingerprint density at radius 1 is 1.08 bits per heavy atom. The molecule has 3 fully saturated rings. The van der Waals surface area contributed by atoms with Gasteiger partial charge in [-0.2, -0.15) is 5.26 Å². The second kappa shape index (κ2) is 14.1. The Balaban J connectivity index is 1.03. The molecule has 1 aliphatic heterocycles. The number of anilines is 2. The molecule has 2 aliphatic carbocycles. The third-order valence-electron chi connectivity index (χ3n) is 9.50. The minimum absolute atomic E-state index is 0.191. The van der Waals surface area contributed by atoms with Crippen LogP contribution in [0.4, 0.5) is 11.6 Å². The van der Waals surface area contributed by atoms with Crippen LogP contribution in [0.3, 0.4) is 0 Å². The maximum Gasteiger partial charge on any atom is 0.257 e. The lowest BCUT2D eigenvalue weighted by Gasteiger charge is -2.42. The summed E-state index contributed by atoms with van der Waals surface area (Å²) >= 11 is 0. The number of nitrogens with one attached hydrogen (secondary N) is 1. The van der Waals surface area contributed by atoms with Crippen LogP contribution in [0.2, 0.25) is 0 Å². The highest BCUT2D eigenvalue weighted by Crippen LogP contribution is 2.38. The van der Waals surface area contributed by atoms with Crippen LogP contribution in [0.1, 0.15) is 70.9 Å². The lowest BCUT2D eigenvalue weighted by molar-refractivity contribution is -0.0852. The van der Waals surface area contributed by atoms with Gasteiger partial charge in [0.25, 0.3) is 5.88 Å². The van der Waals surface area contributed by atoms with E-state index in [0.717, 1.165) is 62.7 Å². The van der Waals surface area contributed by atoms with Crippen molar-refractivity contribution in [2.45, 2.75) is 102 Å². The number of aromatic nitrogens is 8. The first-order valence-electron chi connectivity index (χ1n) is 17.1. The van der Waals surface area contributed by atoms with E-state index in [9.17, 15) is 10.4 Å². The molecular weight excluding hydrogens is 626 g/mol. The van der Waals surface area contributed by atoms with Gasteiger partial charge in [0.05, 0.1) is 42.2 Å². The zero-order chi connectivity index (χ0) is 34.0. The summed E-state index contributed by atoms with van der Waals surface area (Å²) in [5, 5.41) is 39.4. The second-order valence-corrected chi connectivity index (χ2v) is 13.7. The van der Waals surface area contributed by atoms with Gasteiger partial charge in [0.2, 0.25) is 5.95 Å². The molecule has 2 saturated carbocycles. The number of ether oxygens (including phenoxy) is 3. The van der Waals surface area contributed by atoms with E-state index in [4.69, 9.17) is 19.3 Å². The highest BCUT2D eigenvalue weighted by Gasteiger charge is 2.42. The summed E-state index contributed by atoms with van der Waals surface area (Å²) in [4.78, 5) is 11.8. The van der Waals surface area contributed by atoms with Gasteiger partial charge in [-0.3, -0.25) is 9.58 Å². The van der Waals surface area contributed by atoms with Crippen LogP contribution in [0.25, 0.3) is 11.1 Å². The molecule has 3 aliphatic rings. The van der Waals surface area contributed by atoms with Crippen LogP contribution in [-0.2, 0) is 11.3 Å². The highest BCUT2D eigenvalue weighted by atomic mass is 16.5. The van der Waals surface area contributed by atoms with Crippen molar-refractivity contribution in [1.82, 2.24) is 44.9 Å². The first-order valence-corrected chi connectivity index (χ1v) is 17.1. The first-order chi connectivity index (χ1) is 23.7. The third-order valence-corrected chi connectivity index (χ3v) is 9.50. The van der Waals surface area contributed by atoms with Gasteiger partial charge in [-0.1, -0.05) is 6.07 Å². The molecule has 0 spiro atoms. The molecule has 0 unspecified atom stereocenters. The van der Waals surface area contributed by atoms with Crippen molar-refractivity contribution in [3.63, 3.8) is 0 Å². The number of benzene rings is 1. The van der Waals surface area contributed by atoms with E-state index in [0.29, 0.717) is 41.4 Å². The fraction of sp³-hybridized carbons (Fsp3) is 0.559. The summed E-state index contributed by atoms with van der Waals surface area (Å²) in [6, 6.07) is 8.39. The number of nitriles is 1. The number of aliphatic hydroxyl groups is 1. The number of nitrogens with zero attached hydrogens (tertiary/aromatic N) is 10. The van der Waals surface area contributed by atoms with Crippen molar-refractivity contribution in [2.75, 3.05) is 25.0 Å². The maximum absolute atomic E-state index is 10.5. The SMILES string of the molecule is C[C@@H]1CN([C@H]2CC[C@H](n3cc(Nc4ncc(-c5ccc(C#N)c(O[C@@H](C)Cn6cnnn6)c5)cn4)c(OCC4(O)CC4)n3)CC2)C[C@H](C)O1. The Hall–Kier alpha value is -4.65. The highest BCUT2D eigenvalue weighted by molar-refractivity contribution is 5.67. The zero-order valence-electron chi connectivity index (χ0n) is 28.1. The molecule has 3 atom stereocenters. The number of morpholine rings is 1. The maximum atomic E-state index is 10.5. The number of tetrazole rings is 1. The Morgan fingerprint density at radius 3 is 2.49 bits per heavy atom. The van der Waals surface area contributed by atoms with Gasteiger partial charge < -0.3 is 24.6 Å². The molecule has 0 bridgehead atoms. The molecule has 49 heavy (non-hydrogen) atoms. The third kappa shape index (κ3) is 7.98. The topological polar surface area (TPSA) is 174 Å². The van der Waals surface area contributed by atoms with Gasteiger partial charge in [-0.25, -0.2) is 14.6 Å². The Labute approximate surface area is 285 Å². The fourth-order valence-electron chi connectivity index (χ4n) is 6.78. The fourth-order valence-corrected chi connectivity index (χ4v) is 6.78. The molecule has 4 heterocycles. The van der Waals surface area contributed by atoms with Gasteiger partial charge in [0.1, 0.15) is 36.5 Å². The van der Waals surface area contributed by atoms with Gasteiger partial charge in [0.15, 0.2) is 0 Å². The normalized spacial score (nSPS) is 24.1. The zero-order valence-corrected chi connectivity index (χ0v) is 28.1. The minimum Gasteiger partial charge on any atom is -0.487 e. The molecule has 7 rings (SSSR count). The Kier molecular flexibility index (Phi) is 9.44. The number of hydrogen-bond acceptors (Lipinski definition) is 13. The smallest absolute Gasteiger partial charge is 0.257 e. The molecule has 15 heteroatoms. The van der Waals surface area contributed by atoms with Crippen molar-refractivity contribution < 1.29 is 19.3 Å². The summed E-state index contributed by atoms with van der Waals surface area (Å²) < 4.78 is 21.7. The standard InChI is InChI=1S/C34H43N11O4/c1-22-16-43(17-23(2)48-22)28-6-8-29(9-7-28)45-19-30(32(40-45)47-20-34(46)10-11-34)39-33-36-14-27(15-37-33)25-4-5-26(13-35)31(12-25)49-24(3)18-44-21-38-41-42-44/h4-5,12,14-15,19,21-24,28-29,46H,6-11,16-18,20H2,1-3H3,(H,36,37,39)/t22-,23+,24-,28-,29-/m0/s1. The quantitative estimate of drug-likeness (QED) is 0.222. The predicted molar refractivity (Wildman–Crippen MR) is 178 cm³/mol. The summed E-state index contributed by atoms with van der Waals surface area (Å²) in [6.45, 7) is 8.80. The predicted octanol–water partition coefficient (Wildman–Crippen LogP) is 3.91. The summed E-state index contributed by atoms with van der Waals surface area (Å²) in [6.07, 6.45) is 12.9. The lowest BCUT2D eigenvalue weighted by atomic mass is 9.89. The molecule has 0 amide bonds. The monoisotopic (exact) mass is 669 g/mol. The minimum atomic E-state index is -0.779. The van der Waals surface area contributed by atoms with Gasteiger partial charge in [0, 0.05) is 37.1 Å². The van der Waals surface area contributed by atoms with Gasteiger partial charge >= 0.3 is 0 Å². The summed E-state index contributed by atoms with van der Waals surface area (Å²) in [7, 11) is 0. The van der Waals surface area contributed by atoms with E-state index < -0.39 is 5.60 Å². The number of hydrogen-bond donors (Lipinski definition) is 2. The molecule has 258 valence electrons. The average molecular weight is 670 g/mol. The van der Waals surface area contributed by atoms with E-state index in [-0.39, 0.29) is 31.0 Å². The molecule has 0 radical (unpaired) electrons. The van der Waals surface area contributed by atoms with Crippen LogP contribution >= 0.6 is 0 Å². The molecule has 1 aromatic carbocycles. The average Bonchev–Trinajstić information content (AvgIpc) is 3.41. The Morgan fingerprint density at radius 2 is 1.82 bits per heavy atom. The van der Waals surface area contributed by atoms with E-state index in [1.807, 2.05) is 29.9 Å². The van der Waals surface area contributed by atoms with Gasteiger partial charge in [-0.05, 0) is 87.4 Å². The molecule has 1 saturated heterocycles. The van der Waals surface area contributed by atoms with Gasteiger partial charge in [-0.15, -0.1) is 10.2 Å².